The fourth-order valence-corrected chi connectivity index (χ4v) is 5.70. The van der Waals surface area contributed by atoms with Gasteiger partial charge in [-0.05, 0) is 42.5 Å². The fraction of sp³-hybridized carbons (Fsp3) is 0.0909. The maximum Gasteiger partial charge on any atom is 0.340 e. The van der Waals surface area contributed by atoms with Crippen molar-refractivity contribution in [2.24, 2.45) is 0 Å². The number of thiophene rings is 1. The van der Waals surface area contributed by atoms with Gasteiger partial charge >= 0.3 is 12.0 Å². The molecular formula is C22H18ClN5O6S2. The number of fused-ring (bicyclic) bond motifs is 1. The molecule has 0 unspecified atom stereocenters. The summed E-state index contributed by atoms with van der Waals surface area (Å²) in [4.78, 5) is 41.9. The molecule has 36 heavy (non-hydrogen) atoms. The van der Waals surface area contributed by atoms with E-state index in [-0.39, 0.29) is 31.0 Å². The molecule has 0 saturated heterocycles. The molecule has 0 radical (unpaired) electrons. The van der Waals surface area contributed by atoms with Crippen molar-refractivity contribution >= 4 is 67.1 Å². The number of urea groups is 1. The summed E-state index contributed by atoms with van der Waals surface area (Å²) in [6.07, 6.45) is 2.57. The van der Waals surface area contributed by atoms with Gasteiger partial charge in [-0.1, -0.05) is 11.6 Å². The van der Waals surface area contributed by atoms with E-state index in [1.165, 1.54) is 48.3 Å². The normalized spacial score (nSPS) is 11.2. The number of nitrogens with one attached hydrogen (secondary N) is 3. The van der Waals surface area contributed by atoms with Crippen LogP contribution in [0.5, 0.6) is 0 Å². The lowest BCUT2D eigenvalue weighted by atomic mass is 10.1. The van der Waals surface area contributed by atoms with Crippen molar-refractivity contribution in [2.75, 3.05) is 24.8 Å². The molecule has 0 fully saturated rings. The number of carbonyl (C=O) groups excluding carboxylic acids is 2. The van der Waals surface area contributed by atoms with Gasteiger partial charge in [0.15, 0.2) is 0 Å². The summed E-state index contributed by atoms with van der Waals surface area (Å²) in [5, 5.41) is 6.01. The zero-order valence-electron chi connectivity index (χ0n) is 18.7. The molecule has 0 aliphatic carbocycles. The van der Waals surface area contributed by atoms with E-state index in [0.717, 1.165) is 11.3 Å². The summed E-state index contributed by atoms with van der Waals surface area (Å²) in [5.41, 5.74) is 0.607. The molecule has 0 aliphatic heterocycles. The Balaban J connectivity index is 1.62. The first-order valence-electron chi connectivity index (χ1n) is 10.1. The predicted molar refractivity (Wildman–Crippen MR) is 137 cm³/mol. The summed E-state index contributed by atoms with van der Waals surface area (Å²) in [6, 6.07) is 9.49. The first kappa shape index (κ1) is 25.2. The quantitative estimate of drug-likeness (QED) is 0.311. The minimum Gasteiger partial charge on any atom is -0.465 e. The van der Waals surface area contributed by atoms with E-state index in [1.807, 2.05) is 4.72 Å². The van der Waals surface area contributed by atoms with Crippen LogP contribution in [0.1, 0.15) is 10.4 Å². The van der Waals surface area contributed by atoms with Crippen molar-refractivity contribution in [1.29, 1.82) is 0 Å². The molecule has 14 heteroatoms. The molecule has 2 amide bonds. The van der Waals surface area contributed by atoms with Gasteiger partial charge in [-0.25, -0.2) is 27.7 Å². The van der Waals surface area contributed by atoms with Gasteiger partial charge in [0, 0.05) is 29.7 Å². The number of rotatable bonds is 6. The highest BCUT2D eigenvalue weighted by molar-refractivity contribution is 7.92. The SMILES string of the molecule is CNc1ccc2c(=O)n(-c3ccc(NC(=O)NS(=O)(=O)c4ccc(Cl)s4)cn3)cc(C(=O)OC)c2c1. The van der Waals surface area contributed by atoms with Gasteiger partial charge in [-0.2, -0.15) is 0 Å². The van der Waals surface area contributed by atoms with Crippen LogP contribution in [0.25, 0.3) is 16.6 Å². The molecule has 11 nitrogen and oxygen atoms in total. The number of sulfonamides is 1. The second kappa shape index (κ2) is 9.97. The van der Waals surface area contributed by atoms with E-state index in [2.05, 4.69) is 15.6 Å². The van der Waals surface area contributed by atoms with Gasteiger partial charge in [0.05, 0.1) is 28.9 Å². The lowest BCUT2D eigenvalue weighted by molar-refractivity contribution is 0.0602. The molecule has 3 aromatic heterocycles. The Labute approximate surface area is 213 Å². The van der Waals surface area contributed by atoms with Gasteiger partial charge in [-0.15, -0.1) is 11.3 Å². The lowest BCUT2D eigenvalue weighted by Gasteiger charge is -2.12. The molecule has 0 aliphatic rings. The highest BCUT2D eigenvalue weighted by Gasteiger charge is 2.20. The fourth-order valence-electron chi connectivity index (χ4n) is 3.31. The van der Waals surface area contributed by atoms with Crippen LogP contribution in [0.2, 0.25) is 4.34 Å². The number of amides is 2. The highest BCUT2D eigenvalue weighted by atomic mass is 35.5. The Morgan fingerprint density at radius 2 is 1.83 bits per heavy atom. The van der Waals surface area contributed by atoms with Crippen molar-refractivity contribution in [3.63, 3.8) is 0 Å². The number of carbonyl (C=O) groups is 2. The summed E-state index contributed by atoms with van der Waals surface area (Å²) in [6.45, 7) is 0. The number of ether oxygens (including phenoxy) is 1. The Kier molecular flexibility index (Phi) is 6.97. The predicted octanol–water partition coefficient (Wildman–Crippen LogP) is 3.44. The average Bonchev–Trinajstić information content (AvgIpc) is 3.31. The van der Waals surface area contributed by atoms with Crippen LogP contribution >= 0.6 is 22.9 Å². The number of nitrogens with zero attached hydrogens (tertiary/aromatic N) is 2. The number of benzene rings is 1. The van der Waals surface area contributed by atoms with E-state index in [4.69, 9.17) is 16.3 Å². The topological polar surface area (TPSA) is 148 Å². The molecule has 3 heterocycles. The molecule has 186 valence electrons. The van der Waals surface area contributed by atoms with E-state index >= 15 is 0 Å². The largest absolute Gasteiger partial charge is 0.465 e. The van der Waals surface area contributed by atoms with E-state index in [9.17, 15) is 22.8 Å². The Morgan fingerprint density at radius 1 is 1.08 bits per heavy atom. The van der Waals surface area contributed by atoms with Gasteiger partial charge in [-0.3, -0.25) is 9.36 Å². The van der Waals surface area contributed by atoms with Crippen molar-refractivity contribution in [3.8, 4) is 5.82 Å². The molecular weight excluding hydrogens is 530 g/mol. The van der Waals surface area contributed by atoms with Crippen molar-refractivity contribution in [3.05, 3.63) is 75.1 Å². The van der Waals surface area contributed by atoms with Crippen LogP contribution in [0.4, 0.5) is 16.2 Å². The van der Waals surface area contributed by atoms with Crippen molar-refractivity contribution in [2.45, 2.75) is 4.21 Å². The van der Waals surface area contributed by atoms with Crippen LogP contribution in [-0.2, 0) is 14.8 Å². The van der Waals surface area contributed by atoms with Gasteiger partial charge in [0.2, 0.25) is 0 Å². The van der Waals surface area contributed by atoms with E-state index in [1.54, 1.807) is 25.2 Å². The van der Waals surface area contributed by atoms with E-state index in [0.29, 0.717) is 11.1 Å². The Bertz CT molecular complexity index is 1650. The molecule has 0 spiro atoms. The number of methoxy groups -OCH3 is 1. The second-order valence-electron chi connectivity index (χ2n) is 7.24. The third-order valence-corrected chi connectivity index (χ3v) is 8.06. The summed E-state index contributed by atoms with van der Waals surface area (Å²) in [5.74, 6) is -0.471. The van der Waals surface area contributed by atoms with Gasteiger partial charge in [0.1, 0.15) is 10.0 Å². The highest BCUT2D eigenvalue weighted by Crippen LogP contribution is 2.25. The maximum atomic E-state index is 13.1. The minimum absolute atomic E-state index is 0.116. The number of anilines is 2. The summed E-state index contributed by atoms with van der Waals surface area (Å²) in [7, 11) is -1.14. The van der Waals surface area contributed by atoms with Crippen LogP contribution in [-0.4, -0.2) is 44.1 Å². The smallest absolute Gasteiger partial charge is 0.340 e. The Hall–Kier alpha value is -3.94. The van der Waals surface area contributed by atoms with Gasteiger partial charge in [0.25, 0.3) is 15.6 Å². The maximum absolute atomic E-state index is 13.1. The first-order valence-corrected chi connectivity index (χ1v) is 12.8. The number of pyridine rings is 2. The van der Waals surface area contributed by atoms with Gasteiger partial charge < -0.3 is 15.4 Å². The number of halogens is 1. The third kappa shape index (κ3) is 5.03. The monoisotopic (exact) mass is 547 g/mol. The first-order chi connectivity index (χ1) is 17.1. The zero-order valence-corrected chi connectivity index (χ0v) is 21.1. The van der Waals surface area contributed by atoms with Crippen LogP contribution in [0.15, 0.2) is 63.9 Å². The summed E-state index contributed by atoms with van der Waals surface area (Å²) >= 11 is 6.56. The van der Waals surface area contributed by atoms with Crippen molar-refractivity contribution in [1.82, 2.24) is 14.3 Å². The van der Waals surface area contributed by atoms with Crippen LogP contribution in [0, 0.1) is 0 Å². The zero-order chi connectivity index (χ0) is 26.0. The van der Waals surface area contributed by atoms with E-state index < -0.39 is 27.6 Å². The number of hydrogen-bond acceptors (Lipinski definition) is 9. The van der Waals surface area contributed by atoms with Crippen molar-refractivity contribution < 1.29 is 22.7 Å². The third-order valence-electron chi connectivity index (χ3n) is 5.00. The number of hydrogen-bond donors (Lipinski definition) is 3. The second-order valence-corrected chi connectivity index (χ2v) is 10.9. The van der Waals surface area contributed by atoms with Crippen LogP contribution in [0.3, 0.4) is 0 Å². The lowest BCUT2D eigenvalue weighted by Crippen LogP contribution is -2.34. The average molecular weight is 548 g/mol. The molecule has 0 saturated carbocycles. The molecule has 0 bridgehead atoms. The Morgan fingerprint density at radius 3 is 2.44 bits per heavy atom. The molecule has 0 atom stereocenters. The molecule has 3 N–H and O–H groups in total. The number of esters is 1. The standard InChI is InChI=1S/C22H18ClN5O6S2/c1-24-12-3-5-14-15(9-12)16(21(30)34-2)11-28(20(14)29)18-7-4-13(10-25-18)26-22(31)27-36(32,33)19-8-6-17(23)35-19/h3-11,24H,1-2H3,(H2,26,27,31). The number of aromatic nitrogens is 2. The molecule has 1 aromatic carbocycles. The summed E-state index contributed by atoms with van der Waals surface area (Å²) < 4.78 is 32.6. The molecule has 4 aromatic rings. The molecule has 4 rings (SSSR count). The minimum atomic E-state index is -4.10. The van der Waals surface area contributed by atoms with Crippen LogP contribution < -0.4 is 20.9 Å².